The van der Waals surface area contributed by atoms with Crippen LogP contribution in [0.2, 0.25) is 0 Å². The summed E-state index contributed by atoms with van der Waals surface area (Å²) >= 11 is 0. The smallest absolute Gasteiger partial charge is 0.490 e. The first-order valence-electron chi connectivity index (χ1n) is 5.77. The van der Waals surface area contributed by atoms with E-state index in [0.717, 1.165) is 26.1 Å². The van der Waals surface area contributed by atoms with Crippen molar-refractivity contribution < 1.29 is 19.5 Å². The Morgan fingerprint density at radius 2 is 2.12 bits per heavy atom. The summed E-state index contributed by atoms with van der Waals surface area (Å²) < 4.78 is 10.9. The lowest BCUT2D eigenvalue weighted by atomic mass is 9.82. The number of hydrogen-bond acceptors (Lipinski definition) is 5. The third-order valence-corrected chi connectivity index (χ3v) is 2.86. The van der Waals surface area contributed by atoms with E-state index in [9.17, 15) is 0 Å². The number of nitrogens with zero attached hydrogens (tertiary/aromatic N) is 1. The molecule has 1 aliphatic rings. The molecule has 6 heteroatoms. The van der Waals surface area contributed by atoms with E-state index in [0.29, 0.717) is 23.7 Å². The molecule has 2 rings (SSSR count). The number of aromatic nitrogens is 1. The van der Waals surface area contributed by atoms with E-state index in [-0.39, 0.29) is 0 Å². The van der Waals surface area contributed by atoms with Gasteiger partial charge in [0.1, 0.15) is 5.75 Å². The van der Waals surface area contributed by atoms with E-state index in [2.05, 4.69) is 4.98 Å². The van der Waals surface area contributed by atoms with Crippen LogP contribution < -0.4 is 10.2 Å². The SMILES string of the molecule is OB(O)c1cncc(OCC2CCOCC2)c1. The molecular weight excluding hydrogens is 221 g/mol. The van der Waals surface area contributed by atoms with Gasteiger partial charge in [-0.3, -0.25) is 4.98 Å². The van der Waals surface area contributed by atoms with E-state index >= 15 is 0 Å². The Kier molecular flexibility index (Phi) is 4.36. The van der Waals surface area contributed by atoms with Crippen LogP contribution in [0, 0.1) is 5.92 Å². The molecule has 1 aliphatic heterocycles. The number of ether oxygens (including phenoxy) is 2. The number of pyridine rings is 1. The summed E-state index contributed by atoms with van der Waals surface area (Å²) in [6.07, 6.45) is 5.00. The topological polar surface area (TPSA) is 71.8 Å². The lowest BCUT2D eigenvalue weighted by molar-refractivity contribution is 0.0497. The zero-order valence-corrected chi connectivity index (χ0v) is 9.58. The first-order valence-corrected chi connectivity index (χ1v) is 5.77. The van der Waals surface area contributed by atoms with Gasteiger partial charge in [-0.1, -0.05) is 0 Å². The Morgan fingerprint density at radius 3 is 2.82 bits per heavy atom. The Balaban J connectivity index is 1.87. The third kappa shape index (κ3) is 3.69. The predicted octanol–water partition coefficient (Wildman–Crippen LogP) is -0.433. The van der Waals surface area contributed by atoms with Crippen LogP contribution in [0.5, 0.6) is 5.75 Å². The second-order valence-corrected chi connectivity index (χ2v) is 4.19. The molecule has 0 aliphatic carbocycles. The minimum Gasteiger partial charge on any atom is -0.492 e. The molecule has 92 valence electrons. The van der Waals surface area contributed by atoms with Crippen LogP contribution in [0.3, 0.4) is 0 Å². The molecule has 1 aromatic rings. The normalized spacial score (nSPS) is 16.8. The van der Waals surface area contributed by atoms with Gasteiger partial charge in [-0.15, -0.1) is 0 Å². The van der Waals surface area contributed by atoms with Gasteiger partial charge in [-0.05, 0) is 24.8 Å². The first-order chi connectivity index (χ1) is 8.25. The summed E-state index contributed by atoms with van der Waals surface area (Å²) in [4.78, 5) is 3.90. The maximum absolute atomic E-state index is 9.01. The van der Waals surface area contributed by atoms with Crippen molar-refractivity contribution in [2.75, 3.05) is 19.8 Å². The Labute approximate surface area is 101 Å². The van der Waals surface area contributed by atoms with Gasteiger partial charge >= 0.3 is 7.12 Å². The Morgan fingerprint density at radius 1 is 1.35 bits per heavy atom. The van der Waals surface area contributed by atoms with E-state index in [4.69, 9.17) is 19.5 Å². The lowest BCUT2D eigenvalue weighted by Gasteiger charge is -2.22. The highest BCUT2D eigenvalue weighted by Crippen LogP contribution is 2.16. The summed E-state index contributed by atoms with van der Waals surface area (Å²) in [6.45, 7) is 2.21. The maximum atomic E-state index is 9.01. The standard InChI is InChI=1S/C11H16BNO4/c14-12(15)10-5-11(7-13-6-10)17-8-9-1-3-16-4-2-9/h5-7,9,14-15H,1-4,8H2. The average Bonchev–Trinajstić information content (AvgIpc) is 2.38. The molecule has 1 saturated heterocycles. The van der Waals surface area contributed by atoms with E-state index < -0.39 is 7.12 Å². The van der Waals surface area contributed by atoms with Crippen molar-refractivity contribution >= 4 is 12.6 Å². The summed E-state index contributed by atoms with van der Waals surface area (Å²) in [7, 11) is -1.51. The fourth-order valence-electron chi connectivity index (χ4n) is 1.78. The molecule has 2 heterocycles. The first kappa shape index (κ1) is 12.4. The Bertz CT molecular complexity index is 355. The average molecular weight is 237 g/mol. The molecule has 1 aromatic heterocycles. The summed E-state index contributed by atoms with van der Waals surface area (Å²) in [5.74, 6) is 1.08. The molecule has 0 spiro atoms. The van der Waals surface area contributed by atoms with Crippen molar-refractivity contribution in [3.63, 3.8) is 0 Å². The van der Waals surface area contributed by atoms with Gasteiger partial charge in [0.2, 0.25) is 0 Å². The second kappa shape index (κ2) is 6.00. The van der Waals surface area contributed by atoms with Gasteiger partial charge in [0, 0.05) is 24.9 Å². The highest BCUT2D eigenvalue weighted by atomic mass is 16.5. The van der Waals surface area contributed by atoms with Crippen LogP contribution in [0.15, 0.2) is 18.5 Å². The molecule has 0 unspecified atom stereocenters. The predicted molar refractivity (Wildman–Crippen MR) is 63.1 cm³/mol. The van der Waals surface area contributed by atoms with Gasteiger partial charge < -0.3 is 19.5 Å². The molecule has 0 atom stereocenters. The van der Waals surface area contributed by atoms with Crippen LogP contribution in [-0.2, 0) is 4.74 Å². The molecule has 17 heavy (non-hydrogen) atoms. The van der Waals surface area contributed by atoms with Crippen LogP contribution in [-0.4, -0.2) is 42.0 Å². The molecule has 0 radical (unpaired) electrons. The fraction of sp³-hybridized carbons (Fsp3) is 0.545. The minimum absolute atomic E-state index is 0.342. The van der Waals surface area contributed by atoms with Crippen molar-refractivity contribution in [1.29, 1.82) is 0 Å². The highest BCUT2D eigenvalue weighted by molar-refractivity contribution is 6.58. The largest absolute Gasteiger partial charge is 0.492 e. The Hall–Kier alpha value is -1.11. The van der Waals surface area contributed by atoms with Crippen LogP contribution in [0.25, 0.3) is 0 Å². The molecule has 0 saturated carbocycles. The van der Waals surface area contributed by atoms with Gasteiger partial charge in [0.25, 0.3) is 0 Å². The molecule has 5 nitrogen and oxygen atoms in total. The molecule has 0 bridgehead atoms. The van der Waals surface area contributed by atoms with E-state index in [1.54, 1.807) is 12.3 Å². The summed E-state index contributed by atoms with van der Waals surface area (Å²) in [5, 5.41) is 18.0. The zero-order valence-electron chi connectivity index (χ0n) is 9.58. The van der Waals surface area contributed by atoms with Crippen LogP contribution in [0.4, 0.5) is 0 Å². The molecule has 1 fully saturated rings. The van der Waals surface area contributed by atoms with Crippen molar-refractivity contribution in [2.45, 2.75) is 12.8 Å². The fourth-order valence-corrected chi connectivity index (χ4v) is 1.78. The maximum Gasteiger partial charge on any atom is 0.490 e. The highest BCUT2D eigenvalue weighted by Gasteiger charge is 2.15. The van der Waals surface area contributed by atoms with Gasteiger partial charge in [0.05, 0.1) is 12.8 Å². The molecule has 2 N–H and O–H groups in total. The number of hydrogen-bond donors (Lipinski definition) is 2. The van der Waals surface area contributed by atoms with Crippen molar-refractivity contribution in [3.8, 4) is 5.75 Å². The lowest BCUT2D eigenvalue weighted by Crippen LogP contribution is -2.30. The van der Waals surface area contributed by atoms with Crippen LogP contribution >= 0.6 is 0 Å². The monoisotopic (exact) mass is 237 g/mol. The minimum atomic E-state index is -1.51. The summed E-state index contributed by atoms with van der Waals surface area (Å²) in [5.41, 5.74) is 0.342. The molecule has 0 aromatic carbocycles. The number of rotatable bonds is 4. The van der Waals surface area contributed by atoms with E-state index in [1.807, 2.05) is 0 Å². The van der Waals surface area contributed by atoms with Crippen molar-refractivity contribution in [2.24, 2.45) is 5.92 Å². The third-order valence-electron chi connectivity index (χ3n) is 2.86. The molecular formula is C11H16BNO4. The van der Waals surface area contributed by atoms with Crippen molar-refractivity contribution in [1.82, 2.24) is 4.98 Å². The second-order valence-electron chi connectivity index (χ2n) is 4.19. The van der Waals surface area contributed by atoms with Crippen LogP contribution in [0.1, 0.15) is 12.8 Å². The molecule has 0 amide bonds. The van der Waals surface area contributed by atoms with E-state index in [1.165, 1.54) is 6.20 Å². The van der Waals surface area contributed by atoms with Crippen molar-refractivity contribution in [3.05, 3.63) is 18.5 Å². The quantitative estimate of drug-likeness (QED) is 0.695. The van der Waals surface area contributed by atoms with Gasteiger partial charge in [-0.25, -0.2) is 0 Å². The summed E-state index contributed by atoms with van der Waals surface area (Å²) in [6, 6.07) is 1.59. The van der Waals surface area contributed by atoms with Gasteiger partial charge in [0.15, 0.2) is 0 Å². The van der Waals surface area contributed by atoms with Gasteiger partial charge in [-0.2, -0.15) is 0 Å². The zero-order chi connectivity index (χ0) is 12.1.